The first-order chi connectivity index (χ1) is 17.0. The van der Waals surface area contributed by atoms with Gasteiger partial charge in [-0.25, -0.2) is 0 Å². The molecule has 0 saturated heterocycles. The van der Waals surface area contributed by atoms with E-state index in [9.17, 15) is 4.79 Å². The summed E-state index contributed by atoms with van der Waals surface area (Å²) in [5.41, 5.74) is 3.40. The number of carbonyl (C=O) groups is 1. The molecule has 0 bridgehead atoms. The molecule has 1 aliphatic rings. The third kappa shape index (κ3) is 5.17. The summed E-state index contributed by atoms with van der Waals surface area (Å²) >= 11 is 1.67. The number of carbonyl (C=O) groups excluding carboxylic acids is 1. The highest BCUT2D eigenvalue weighted by Crippen LogP contribution is 2.41. The number of benzene rings is 2. The van der Waals surface area contributed by atoms with Gasteiger partial charge in [0, 0.05) is 23.1 Å². The molecular weight excluding hydrogens is 464 g/mol. The van der Waals surface area contributed by atoms with E-state index >= 15 is 0 Å². The molecule has 1 atom stereocenters. The molecule has 4 rings (SSSR count). The molecule has 2 N–H and O–H groups in total. The van der Waals surface area contributed by atoms with Crippen molar-refractivity contribution in [3.05, 3.63) is 58.0 Å². The molecular formula is C27H32N2O5S. The Morgan fingerprint density at radius 2 is 1.83 bits per heavy atom. The maximum atomic E-state index is 13.6. The highest BCUT2D eigenvalue weighted by Gasteiger charge is 2.28. The van der Waals surface area contributed by atoms with Gasteiger partial charge in [0.15, 0.2) is 11.5 Å². The smallest absolute Gasteiger partial charge is 0.259 e. The Balaban J connectivity index is 1.65. The molecule has 7 nitrogen and oxygen atoms in total. The lowest BCUT2D eigenvalue weighted by atomic mass is 9.88. The second-order valence-corrected chi connectivity index (χ2v) is 9.69. The lowest BCUT2D eigenvalue weighted by Gasteiger charge is -2.19. The van der Waals surface area contributed by atoms with Crippen LogP contribution in [0.25, 0.3) is 0 Å². The molecule has 1 amide bonds. The van der Waals surface area contributed by atoms with Crippen molar-refractivity contribution < 1.29 is 23.7 Å². The number of rotatable bonds is 9. The number of methoxy groups -OCH3 is 4. The predicted octanol–water partition coefficient (Wildman–Crippen LogP) is 5.77. The van der Waals surface area contributed by atoms with Crippen LogP contribution in [0.2, 0.25) is 0 Å². The second-order valence-electron chi connectivity index (χ2n) is 8.58. The molecule has 0 aliphatic heterocycles. The summed E-state index contributed by atoms with van der Waals surface area (Å²) in [4.78, 5) is 14.9. The summed E-state index contributed by atoms with van der Waals surface area (Å²) < 4.78 is 21.8. The third-order valence-corrected chi connectivity index (χ3v) is 7.53. The first-order valence-corrected chi connectivity index (χ1v) is 12.4. The van der Waals surface area contributed by atoms with Crippen LogP contribution >= 0.6 is 11.3 Å². The van der Waals surface area contributed by atoms with Crippen LogP contribution in [-0.2, 0) is 19.4 Å². The summed E-state index contributed by atoms with van der Waals surface area (Å²) in [6.07, 6.45) is 2.94. The van der Waals surface area contributed by atoms with Gasteiger partial charge in [0.1, 0.15) is 16.5 Å². The molecule has 0 radical (unpaired) electrons. The highest BCUT2D eigenvalue weighted by molar-refractivity contribution is 7.16. The summed E-state index contributed by atoms with van der Waals surface area (Å²) in [7, 11) is 6.43. The molecule has 0 unspecified atom stereocenters. The standard InChI is InChI=1S/C27H32N2O5S/c1-16-9-11-19-23(13-16)35-27(28-15-17-7-6-8-21(32-3)25(17)34-5)24(19)26(30)29-20-12-10-18(31-2)14-22(20)33-4/h6-8,10,12,14,16,28H,9,11,13,15H2,1-5H3,(H,29,30)/t16-/m1/s1. The van der Waals surface area contributed by atoms with Crippen LogP contribution < -0.4 is 29.6 Å². The lowest BCUT2D eigenvalue weighted by Crippen LogP contribution is -2.18. The van der Waals surface area contributed by atoms with Crippen LogP contribution in [0, 0.1) is 5.92 Å². The maximum absolute atomic E-state index is 13.6. The van der Waals surface area contributed by atoms with E-state index in [1.54, 1.807) is 58.0 Å². The number of amides is 1. The minimum atomic E-state index is -0.152. The van der Waals surface area contributed by atoms with Crippen molar-refractivity contribution in [2.24, 2.45) is 5.92 Å². The van der Waals surface area contributed by atoms with E-state index < -0.39 is 0 Å². The fourth-order valence-corrected chi connectivity index (χ4v) is 5.87. The molecule has 35 heavy (non-hydrogen) atoms. The van der Waals surface area contributed by atoms with E-state index in [1.807, 2.05) is 18.2 Å². The molecule has 0 spiro atoms. The first kappa shape index (κ1) is 24.7. The van der Waals surface area contributed by atoms with Crippen LogP contribution in [0.5, 0.6) is 23.0 Å². The predicted molar refractivity (Wildman–Crippen MR) is 140 cm³/mol. The van der Waals surface area contributed by atoms with Crippen LogP contribution in [0.3, 0.4) is 0 Å². The van der Waals surface area contributed by atoms with E-state index in [1.165, 1.54) is 4.88 Å². The van der Waals surface area contributed by atoms with Gasteiger partial charge in [-0.2, -0.15) is 0 Å². The average Bonchev–Trinajstić information content (AvgIpc) is 3.24. The summed E-state index contributed by atoms with van der Waals surface area (Å²) in [6, 6.07) is 11.2. The van der Waals surface area contributed by atoms with E-state index in [4.69, 9.17) is 18.9 Å². The van der Waals surface area contributed by atoms with Crippen LogP contribution in [0.4, 0.5) is 10.7 Å². The fourth-order valence-electron chi connectivity index (χ4n) is 4.47. The normalized spacial score (nSPS) is 14.6. The van der Waals surface area contributed by atoms with E-state index in [0.29, 0.717) is 46.7 Å². The molecule has 186 valence electrons. The second kappa shape index (κ2) is 10.9. The number of hydrogen-bond donors (Lipinski definition) is 2. The first-order valence-electron chi connectivity index (χ1n) is 11.6. The van der Waals surface area contributed by atoms with E-state index in [-0.39, 0.29) is 5.91 Å². The zero-order chi connectivity index (χ0) is 24.9. The lowest BCUT2D eigenvalue weighted by molar-refractivity contribution is 0.102. The summed E-state index contributed by atoms with van der Waals surface area (Å²) in [5.74, 6) is 3.02. The summed E-state index contributed by atoms with van der Waals surface area (Å²) in [5, 5.41) is 7.43. The van der Waals surface area contributed by atoms with Crippen molar-refractivity contribution in [1.82, 2.24) is 0 Å². The Kier molecular flexibility index (Phi) is 7.70. The molecule has 2 aromatic carbocycles. The Bertz CT molecular complexity index is 1210. The van der Waals surface area contributed by atoms with Gasteiger partial charge in [-0.15, -0.1) is 11.3 Å². The fraction of sp³-hybridized carbons (Fsp3) is 0.370. The van der Waals surface area contributed by atoms with Crippen LogP contribution in [-0.4, -0.2) is 34.3 Å². The maximum Gasteiger partial charge on any atom is 0.259 e. The quantitative estimate of drug-likeness (QED) is 0.392. The number of nitrogens with one attached hydrogen (secondary N) is 2. The van der Waals surface area contributed by atoms with Gasteiger partial charge in [0.25, 0.3) is 5.91 Å². The molecule has 1 aliphatic carbocycles. The van der Waals surface area contributed by atoms with Gasteiger partial charge >= 0.3 is 0 Å². The Morgan fingerprint density at radius 1 is 1.03 bits per heavy atom. The molecule has 1 aromatic heterocycles. The number of hydrogen-bond acceptors (Lipinski definition) is 7. The van der Waals surface area contributed by atoms with Gasteiger partial charge in [0.05, 0.1) is 39.7 Å². The Hall–Kier alpha value is -3.39. The number of ether oxygens (including phenoxy) is 4. The highest BCUT2D eigenvalue weighted by atomic mass is 32.1. The van der Waals surface area contributed by atoms with Gasteiger partial charge in [-0.3, -0.25) is 4.79 Å². The van der Waals surface area contributed by atoms with Crippen molar-refractivity contribution in [1.29, 1.82) is 0 Å². The van der Waals surface area contributed by atoms with Gasteiger partial charge in [0.2, 0.25) is 0 Å². The molecule has 3 aromatic rings. The number of anilines is 2. The number of para-hydroxylation sites is 1. The minimum absolute atomic E-state index is 0.152. The van der Waals surface area contributed by atoms with Crippen molar-refractivity contribution >= 4 is 27.9 Å². The number of thiophene rings is 1. The van der Waals surface area contributed by atoms with Crippen molar-refractivity contribution in [2.75, 3.05) is 39.1 Å². The molecule has 0 saturated carbocycles. The van der Waals surface area contributed by atoms with E-state index in [0.717, 1.165) is 35.4 Å². The van der Waals surface area contributed by atoms with Crippen LogP contribution in [0.15, 0.2) is 36.4 Å². The van der Waals surface area contributed by atoms with Crippen molar-refractivity contribution in [3.63, 3.8) is 0 Å². The molecule has 8 heteroatoms. The minimum Gasteiger partial charge on any atom is -0.497 e. The van der Waals surface area contributed by atoms with Crippen molar-refractivity contribution in [2.45, 2.75) is 32.7 Å². The summed E-state index contributed by atoms with van der Waals surface area (Å²) in [6.45, 7) is 2.76. The third-order valence-electron chi connectivity index (χ3n) is 6.32. The monoisotopic (exact) mass is 496 g/mol. The van der Waals surface area contributed by atoms with Gasteiger partial charge < -0.3 is 29.6 Å². The van der Waals surface area contributed by atoms with Crippen molar-refractivity contribution in [3.8, 4) is 23.0 Å². The topological polar surface area (TPSA) is 78.1 Å². The largest absolute Gasteiger partial charge is 0.497 e. The Morgan fingerprint density at radius 3 is 2.54 bits per heavy atom. The van der Waals surface area contributed by atoms with E-state index in [2.05, 4.69) is 17.6 Å². The SMILES string of the molecule is COc1ccc(NC(=O)c2c(NCc3cccc(OC)c3OC)sc3c2CC[C@@H](C)C3)c(OC)c1. The average molecular weight is 497 g/mol. The molecule has 0 fully saturated rings. The van der Waals surface area contributed by atoms with Gasteiger partial charge in [-0.1, -0.05) is 19.1 Å². The zero-order valence-corrected chi connectivity index (χ0v) is 21.6. The number of fused-ring (bicyclic) bond motifs is 1. The van der Waals surface area contributed by atoms with Gasteiger partial charge in [-0.05, 0) is 48.9 Å². The van der Waals surface area contributed by atoms with Crippen LogP contribution in [0.1, 0.15) is 39.7 Å². The zero-order valence-electron chi connectivity index (χ0n) is 20.8. The molecule has 1 heterocycles. The Labute approximate surface area is 210 Å².